The molecule has 4 heteroatoms. The number of aliphatic hydroxyl groups is 1. The van der Waals surface area contributed by atoms with Gasteiger partial charge in [-0.05, 0) is 37.8 Å². The first-order valence-corrected chi connectivity index (χ1v) is 6.30. The van der Waals surface area contributed by atoms with Gasteiger partial charge in [-0.15, -0.1) is 0 Å². The molecule has 1 aromatic carbocycles. The molecule has 0 aliphatic carbocycles. The van der Waals surface area contributed by atoms with Gasteiger partial charge in [0, 0.05) is 17.2 Å². The van der Waals surface area contributed by atoms with Gasteiger partial charge in [-0.1, -0.05) is 17.7 Å². The first-order valence-electron chi connectivity index (χ1n) is 5.92. The highest BCUT2D eigenvalue weighted by atomic mass is 35.5. The number of halogens is 2. The van der Waals surface area contributed by atoms with Crippen LogP contribution in [0.3, 0.4) is 0 Å². The summed E-state index contributed by atoms with van der Waals surface area (Å²) in [5.41, 5.74) is 0.201. The van der Waals surface area contributed by atoms with Crippen LogP contribution in [0.2, 0.25) is 5.02 Å². The topological polar surface area (TPSA) is 29.5 Å². The summed E-state index contributed by atoms with van der Waals surface area (Å²) in [6.45, 7) is 0.793. The lowest BCUT2D eigenvalue weighted by molar-refractivity contribution is 0.0803. The summed E-state index contributed by atoms with van der Waals surface area (Å²) in [7, 11) is 0. The molecule has 2 nitrogen and oxygen atoms in total. The first-order chi connectivity index (χ1) is 8.18. The predicted octanol–water partition coefficient (Wildman–Crippen LogP) is 3.47. The fraction of sp³-hybridized carbons (Fsp3) is 0.538. The van der Waals surface area contributed by atoms with Gasteiger partial charge in [-0.25, -0.2) is 4.39 Å². The molecule has 0 radical (unpaired) electrons. The van der Waals surface area contributed by atoms with Gasteiger partial charge in [0.15, 0.2) is 0 Å². The van der Waals surface area contributed by atoms with Gasteiger partial charge in [-0.3, -0.25) is 0 Å². The van der Waals surface area contributed by atoms with E-state index < -0.39 is 11.9 Å². The summed E-state index contributed by atoms with van der Waals surface area (Å²) in [6, 6.07) is 4.44. The molecule has 0 spiro atoms. The van der Waals surface area contributed by atoms with Gasteiger partial charge in [0.25, 0.3) is 0 Å². The lowest BCUT2D eigenvalue weighted by Gasteiger charge is -2.15. The number of ether oxygens (including phenoxy) is 1. The van der Waals surface area contributed by atoms with E-state index in [4.69, 9.17) is 16.3 Å². The maximum Gasteiger partial charge on any atom is 0.130 e. The Balaban J connectivity index is 1.96. The van der Waals surface area contributed by atoms with Crippen LogP contribution in [-0.2, 0) is 4.74 Å². The zero-order chi connectivity index (χ0) is 12.3. The smallest absolute Gasteiger partial charge is 0.130 e. The Hall–Kier alpha value is -0.640. The van der Waals surface area contributed by atoms with Crippen LogP contribution in [0.1, 0.15) is 37.4 Å². The Labute approximate surface area is 105 Å². The quantitative estimate of drug-likeness (QED) is 0.896. The zero-order valence-electron chi connectivity index (χ0n) is 9.53. The molecule has 1 aromatic rings. The summed E-state index contributed by atoms with van der Waals surface area (Å²) >= 11 is 5.89. The molecule has 1 aliphatic heterocycles. The van der Waals surface area contributed by atoms with Crippen molar-refractivity contribution >= 4 is 11.6 Å². The van der Waals surface area contributed by atoms with E-state index >= 15 is 0 Å². The van der Waals surface area contributed by atoms with Gasteiger partial charge in [0.2, 0.25) is 0 Å². The van der Waals surface area contributed by atoms with Gasteiger partial charge in [0.05, 0.1) is 12.2 Å². The Morgan fingerprint density at radius 3 is 3.00 bits per heavy atom. The van der Waals surface area contributed by atoms with Gasteiger partial charge < -0.3 is 9.84 Å². The fourth-order valence-electron chi connectivity index (χ4n) is 2.19. The number of hydrogen-bond donors (Lipinski definition) is 1. The molecule has 0 saturated carbocycles. The largest absolute Gasteiger partial charge is 0.388 e. The van der Waals surface area contributed by atoms with Crippen molar-refractivity contribution in [1.82, 2.24) is 0 Å². The van der Waals surface area contributed by atoms with Gasteiger partial charge in [0.1, 0.15) is 5.82 Å². The summed E-state index contributed by atoms with van der Waals surface area (Å²) in [5, 5.41) is 10.2. The number of aliphatic hydroxyl groups excluding tert-OH is 1. The van der Waals surface area contributed by atoms with E-state index in [1.807, 2.05) is 0 Å². The van der Waals surface area contributed by atoms with Crippen LogP contribution >= 0.6 is 11.6 Å². The van der Waals surface area contributed by atoms with E-state index in [0.29, 0.717) is 6.42 Å². The van der Waals surface area contributed by atoms with Crippen LogP contribution in [0.5, 0.6) is 0 Å². The number of benzene rings is 1. The summed E-state index contributed by atoms with van der Waals surface area (Å²) in [5.74, 6) is -0.447. The van der Waals surface area contributed by atoms with E-state index in [2.05, 4.69) is 0 Å². The molecule has 1 saturated heterocycles. The Morgan fingerprint density at radius 1 is 1.53 bits per heavy atom. The Morgan fingerprint density at radius 2 is 2.35 bits per heavy atom. The molecule has 0 aromatic heterocycles. The van der Waals surface area contributed by atoms with E-state index in [9.17, 15) is 9.50 Å². The first kappa shape index (κ1) is 12.8. The van der Waals surface area contributed by atoms with Crippen molar-refractivity contribution in [2.45, 2.75) is 37.9 Å². The van der Waals surface area contributed by atoms with Gasteiger partial charge in [-0.2, -0.15) is 0 Å². The van der Waals surface area contributed by atoms with E-state index in [1.54, 1.807) is 6.07 Å². The molecule has 1 fully saturated rings. The summed E-state index contributed by atoms with van der Waals surface area (Å²) < 4.78 is 19.0. The molecule has 1 heterocycles. The SMILES string of the molecule is OC(CCC1CCCO1)c1c(F)cccc1Cl. The minimum Gasteiger partial charge on any atom is -0.388 e. The monoisotopic (exact) mass is 258 g/mol. The molecule has 0 amide bonds. The highest BCUT2D eigenvalue weighted by Crippen LogP contribution is 2.30. The van der Waals surface area contributed by atoms with Crippen LogP contribution in [0, 0.1) is 5.82 Å². The molecule has 1 N–H and O–H groups in total. The van der Waals surface area contributed by atoms with Crippen LogP contribution in [0.15, 0.2) is 18.2 Å². The highest BCUT2D eigenvalue weighted by Gasteiger charge is 2.20. The van der Waals surface area contributed by atoms with Crippen molar-refractivity contribution in [3.05, 3.63) is 34.6 Å². The number of rotatable bonds is 4. The minimum atomic E-state index is -0.854. The van der Waals surface area contributed by atoms with Crippen molar-refractivity contribution in [1.29, 1.82) is 0 Å². The van der Waals surface area contributed by atoms with Crippen molar-refractivity contribution in [2.24, 2.45) is 0 Å². The second-order valence-electron chi connectivity index (χ2n) is 4.36. The molecule has 94 valence electrons. The third-order valence-corrected chi connectivity index (χ3v) is 3.45. The Bertz CT molecular complexity index is 357. The molecule has 17 heavy (non-hydrogen) atoms. The van der Waals surface area contributed by atoms with Crippen LogP contribution in [-0.4, -0.2) is 17.8 Å². The molecular formula is C13H16ClFO2. The average Bonchev–Trinajstić information content (AvgIpc) is 2.79. The normalized spacial score (nSPS) is 21.7. The second-order valence-corrected chi connectivity index (χ2v) is 4.77. The second kappa shape index (κ2) is 5.80. The third kappa shape index (κ3) is 3.18. The molecule has 2 atom stereocenters. The Kier molecular flexibility index (Phi) is 4.37. The van der Waals surface area contributed by atoms with Crippen molar-refractivity contribution in [3.8, 4) is 0 Å². The maximum atomic E-state index is 13.5. The third-order valence-electron chi connectivity index (χ3n) is 3.12. The molecule has 2 unspecified atom stereocenters. The maximum absolute atomic E-state index is 13.5. The van der Waals surface area contributed by atoms with Crippen LogP contribution in [0.4, 0.5) is 4.39 Å². The van der Waals surface area contributed by atoms with Crippen LogP contribution in [0.25, 0.3) is 0 Å². The van der Waals surface area contributed by atoms with E-state index in [-0.39, 0.29) is 16.7 Å². The molecule has 0 bridgehead atoms. The molecule has 2 rings (SSSR count). The average molecular weight is 259 g/mol. The van der Waals surface area contributed by atoms with Crippen LogP contribution < -0.4 is 0 Å². The molecular weight excluding hydrogens is 243 g/mol. The predicted molar refractivity (Wildman–Crippen MR) is 64.6 cm³/mol. The molecule has 1 aliphatic rings. The minimum absolute atomic E-state index is 0.201. The van der Waals surface area contributed by atoms with Crippen molar-refractivity contribution < 1.29 is 14.2 Å². The highest BCUT2D eigenvalue weighted by molar-refractivity contribution is 6.31. The lowest BCUT2D eigenvalue weighted by atomic mass is 10.0. The summed E-state index contributed by atoms with van der Waals surface area (Å²) in [6.07, 6.45) is 2.67. The van der Waals surface area contributed by atoms with Crippen molar-refractivity contribution in [3.63, 3.8) is 0 Å². The van der Waals surface area contributed by atoms with E-state index in [1.165, 1.54) is 12.1 Å². The zero-order valence-corrected chi connectivity index (χ0v) is 10.3. The fourth-order valence-corrected chi connectivity index (χ4v) is 2.48. The summed E-state index contributed by atoms with van der Waals surface area (Å²) in [4.78, 5) is 0. The number of hydrogen-bond acceptors (Lipinski definition) is 2. The standard InChI is InChI=1S/C13H16ClFO2/c14-10-4-1-5-11(15)13(10)12(16)7-6-9-3-2-8-17-9/h1,4-5,9,12,16H,2-3,6-8H2. The lowest BCUT2D eigenvalue weighted by Crippen LogP contribution is -2.09. The van der Waals surface area contributed by atoms with Gasteiger partial charge >= 0.3 is 0 Å². The van der Waals surface area contributed by atoms with E-state index in [0.717, 1.165) is 25.9 Å². The van der Waals surface area contributed by atoms with Crippen molar-refractivity contribution in [2.75, 3.05) is 6.61 Å².